The number of pyridine rings is 2. The molecule has 1 saturated heterocycles. The molecule has 25 heavy (non-hydrogen) atoms. The van der Waals surface area contributed by atoms with Crippen molar-refractivity contribution in [2.24, 2.45) is 0 Å². The van der Waals surface area contributed by atoms with Crippen molar-refractivity contribution in [3.05, 3.63) is 54.0 Å². The van der Waals surface area contributed by atoms with Gasteiger partial charge in [0.1, 0.15) is 5.82 Å². The van der Waals surface area contributed by atoms with Crippen LogP contribution in [0.4, 0.5) is 5.82 Å². The Bertz CT molecular complexity index is 657. The second-order valence-electron chi connectivity index (χ2n) is 5.82. The van der Waals surface area contributed by atoms with E-state index in [0.29, 0.717) is 12.1 Å². The van der Waals surface area contributed by atoms with E-state index in [1.54, 1.807) is 18.5 Å². The van der Waals surface area contributed by atoms with Crippen molar-refractivity contribution in [3.8, 4) is 0 Å². The average molecular weight is 341 g/mol. The molecule has 0 saturated carbocycles. The monoisotopic (exact) mass is 341 g/mol. The topological polar surface area (TPSA) is 79.4 Å². The summed E-state index contributed by atoms with van der Waals surface area (Å²) in [5, 5.41) is 6.12. The van der Waals surface area contributed by atoms with Gasteiger partial charge in [-0.05, 0) is 24.3 Å². The molecule has 1 fully saturated rings. The number of hydrogen-bond donors (Lipinski definition) is 2. The molecule has 1 aliphatic rings. The lowest BCUT2D eigenvalue weighted by atomic mass is 10.2. The smallest absolute Gasteiger partial charge is 0.253 e. The molecule has 7 nitrogen and oxygen atoms in total. The summed E-state index contributed by atoms with van der Waals surface area (Å²) in [5.74, 6) is 0.618. The molecule has 3 rings (SSSR count). The first-order valence-electron chi connectivity index (χ1n) is 8.49. The van der Waals surface area contributed by atoms with Crippen LogP contribution in [0.25, 0.3) is 0 Å². The van der Waals surface area contributed by atoms with E-state index in [1.165, 1.54) is 0 Å². The normalized spacial score (nSPS) is 14.9. The summed E-state index contributed by atoms with van der Waals surface area (Å²) in [6.45, 7) is 5.74. The molecule has 0 atom stereocenters. The number of ether oxygens (including phenoxy) is 1. The molecule has 2 aromatic heterocycles. The van der Waals surface area contributed by atoms with Crippen LogP contribution < -0.4 is 10.6 Å². The van der Waals surface area contributed by atoms with Crippen LogP contribution in [0.15, 0.2) is 42.7 Å². The van der Waals surface area contributed by atoms with Crippen LogP contribution in [-0.4, -0.2) is 60.2 Å². The van der Waals surface area contributed by atoms with Crippen molar-refractivity contribution in [1.82, 2.24) is 20.2 Å². The number of nitrogens with zero attached hydrogens (tertiary/aromatic N) is 3. The molecule has 0 spiro atoms. The zero-order valence-corrected chi connectivity index (χ0v) is 14.1. The molecule has 0 bridgehead atoms. The minimum atomic E-state index is -0.155. The number of rotatable bonds is 7. The van der Waals surface area contributed by atoms with Crippen LogP contribution in [0, 0.1) is 0 Å². The number of aromatic nitrogens is 2. The third kappa shape index (κ3) is 5.51. The van der Waals surface area contributed by atoms with Crippen LogP contribution >= 0.6 is 0 Å². The lowest BCUT2D eigenvalue weighted by Gasteiger charge is -2.26. The first-order chi connectivity index (χ1) is 12.3. The lowest BCUT2D eigenvalue weighted by molar-refractivity contribution is 0.0398. The lowest BCUT2D eigenvalue weighted by Crippen LogP contribution is -2.39. The maximum absolute atomic E-state index is 12.1. The van der Waals surface area contributed by atoms with Gasteiger partial charge in [-0.2, -0.15) is 0 Å². The van der Waals surface area contributed by atoms with E-state index >= 15 is 0 Å². The number of carbonyl (C=O) groups is 1. The van der Waals surface area contributed by atoms with Crippen LogP contribution in [-0.2, 0) is 11.3 Å². The Morgan fingerprint density at radius 3 is 2.76 bits per heavy atom. The maximum atomic E-state index is 12.1. The minimum Gasteiger partial charge on any atom is -0.379 e. The van der Waals surface area contributed by atoms with Crippen LogP contribution in [0.1, 0.15) is 16.1 Å². The number of hydrogen-bond acceptors (Lipinski definition) is 6. The van der Waals surface area contributed by atoms with Crippen molar-refractivity contribution < 1.29 is 9.53 Å². The van der Waals surface area contributed by atoms with Crippen LogP contribution in [0.2, 0.25) is 0 Å². The number of carbonyl (C=O) groups excluding carboxylic acids is 1. The molecule has 2 N–H and O–H groups in total. The summed E-state index contributed by atoms with van der Waals surface area (Å²) < 4.78 is 5.33. The van der Waals surface area contributed by atoms with Crippen molar-refractivity contribution in [3.63, 3.8) is 0 Å². The Labute approximate surface area is 147 Å². The van der Waals surface area contributed by atoms with Gasteiger partial charge in [0.25, 0.3) is 5.91 Å². The fourth-order valence-corrected chi connectivity index (χ4v) is 2.58. The second-order valence-corrected chi connectivity index (χ2v) is 5.82. The van der Waals surface area contributed by atoms with Crippen molar-refractivity contribution >= 4 is 11.7 Å². The van der Waals surface area contributed by atoms with E-state index in [1.807, 2.05) is 24.3 Å². The number of anilines is 1. The molecule has 3 heterocycles. The third-order valence-corrected chi connectivity index (χ3v) is 4.02. The first-order valence-corrected chi connectivity index (χ1v) is 8.49. The molecule has 7 heteroatoms. The zero-order chi connectivity index (χ0) is 17.3. The van der Waals surface area contributed by atoms with Gasteiger partial charge < -0.3 is 15.4 Å². The van der Waals surface area contributed by atoms with Gasteiger partial charge in [-0.15, -0.1) is 0 Å². The zero-order valence-electron chi connectivity index (χ0n) is 14.1. The average Bonchev–Trinajstić information content (AvgIpc) is 2.68. The van der Waals surface area contributed by atoms with Gasteiger partial charge in [-0.25, -0.2) is 4.98 Å². The fraction of sp³-hybridized carbons (Fsp3) is 0.389. The molecular formula is C18H23N5O2. The molecule has 0 aromatic carbocycles. The van der Waals surface area contributed by atoms with Crippen molar-refractivity contribution in [2.75, 3.05) is 44.7 Å². The molecule has 2 aromatic rings. The van der Waals surface area contributed by atoms with E-state index in [9.17, 15) is 4.79 Å². The summed E-state index contributed by atoms with van der Waals surface area (Å²) in [6, 6.07) is 9.22. The van der Waals surface area contributed by atoms with E-state index in [-0.39, 0.29) is 5.91 Å². The molecule has 1 amide bonds. The SMILES string of the molecule is O=C(NCc1ccccn1)c1ccc(NCCN2CCOCC2)nc1. The van der Waals surface area contributed by atoms with Gasteiger partial charge in [0.2, 0.25) is 0 Å². The highest BCUT2D eigenvalue weighted by molar-refractivity contribution is 5.93. The molecule has 132 valence electrons. The largest absolute Gasteiger partial charge is 0.379 e. The third-order valence-electron chi connectivity index (χ3n) is 4.02. The van der Waals surface area contributed by atoms with Gasteiger partial charge in [0.15, 0.2) is 0 Å². The highest BCUT2D eigenvalue weighted by Crippen LogP contribution is 2.06. The Balaban J connectivity index is 1.42. The molecule has 0 aliphatic carbocycles. The predicted molar refractivity (Wildman–Crippen MR) is 95.4 cm³/mol. The van der Waals surface area contributed by atoms with Crippen molar-refractivity contribution in [2.45, 2.75) is 6.54 Å². The van der Waals surface area contributed by atoms with Gasteiger partial charge in [0.05, 0.1) is 31.0 Å². The predicted octanol–water partition coefficient (Wildman–Crippen LogP) is 1.15. The van der Waals surface area contributed by atoms with E-state index in [4.69, 9.17) is 4.74 Å². The van der Waals surface area contributed by atoms with Gasteiger partial charge in [-0.1, -0.05) is 6.07 Å². The Morgan fingerprint density at radius 1 is 1.16 bits per heavy atom. The molecule has 0 unspecified atom stereocenters. The summed E-state index contributed by atoms with van der Waals surface area (Å²) in [6.07, 6.45) is 3.30. The second kappa shape index (κ2) is 9.10. The summed E-state index contributed by atoms with van der Waals surface area (Å²) in [4.78, 5) is 23.0. The quantitative estimate of drug-likeness (QED) is 0.786. The summed E-state index contributed by atoms with van der Waals surface area (Å²) in [7, 11) is 0. The maximum Gasteiger partial charge on any atom is 0.253 e. The van der Waals surface area contributed by atoms with Crippen LogP contribution in [0.3, 0.4) is 0 Å². The van der Waals surface area contributed by atoms with Gasteiger partial charge >= 0.3 is 0 Å². The number of morpholine rings is 1. The summed E-state index contributed by atoms with van der Waals surface area (Å²) >= 11 is 0. The summed E-state index contributed by atoms with van der Waals surface area (Å²) in [5.41, 5.74) is 1.36. The highest BCUT2D eigenvalue weighted by atomic mass is 16.5. The Hall–Kier alpha value is -2.51. The molecule has 1 aliphatic heterocycles. The van der Waals surface area contributed by atoms with E-state index in [2.05, 4.69) is 25.5 Å². The van der Waals surface area contributed by atoms with E-state index in [0.717, 1.165) is 50.9 Å². The first kappa shape index (κ1) is 17.3. The van der Waals surface area contributed by atoms with Crippen LogP contribution in [0.5, 0.6) is 0 Å². The standard InChI is InChI=1S/C18H23N5O2/c24-18(22-14-16-3-1-2-6-19-16)15-4-5-17(21-13-15)20-7-8-23-9-11-25-12-10-23/h1-6,13H,7-12,14H2,(H,20,21)(H,22,24). The van der Waals surface area contributed by atoms with Gasteiger partial charge in [-0.3, -0.25) is 14.7 Å². The Kier molecular flexibility index (Phi) is 6.30. The molecule has 0 radical (unpaired) electrons. The number of nitrogens with one attached hydrogen (secondary N) is 2. The minimum absolute atomic E-state index is 0.155. The Morgan fingerprint density at radius 2 is 2.04 bits per heavy atom. The highest BCUT2D eigenvalue weighted by Gasteiger charge is 2.10. The fourth-order valence-electron chi connectivity index (χ4n) is 2.58. The van der Waals surface area contributed by atoms with E-state index < -0.39 is 0 Å². The van der Waals surface area contributed by atoms with Gasteiger partial charge in [0, 0.05) is 38.6 Å². The van der Waals surface area contributed by atoms with Crippen molar-refractivity contribution in [1.29, 1.82) is 0 Å². The number of amides is 1. The molecular weight excluding hydrogens is 318 g/mol.